The largest absolute Gasteiger partial charge is 0.497 e. The Morgan fingerprint density at radius 2 is 2.14 bits per heavy atom. The molecule has 0 radical (unpaired) electrons. The van der Waals surface area contributed by atoms with E-state index in [0.29, 0.717) is 19.7 Å². The summed E-state index contributed by atoms with van der Waals surface area (Å²) < 4.78 is 10.6. The van der Waals surface area contributed by atoms with E-state index in [2.05, 4.69) is 24.5 Å². The summed E-state index contributed by atoms with van der Waals surface area (Å²) in [7, 11) is 1.65. The van der Waals surface area contributed by atoms with E-state index in [1.165, 1.54) is 0 Å². The fourth-order valence-corrected chi connectivity index (χ4v) is 2.30. The molecule has 1 fully saturated rings. The van der Waals surface area contributed by atoms with Crippen LogP contribution in [0.15, 0.2) is 24.3 Å². The van der Waals surface area contributed by atoms with Gasteiger partial charge in [-0.25, -0.2) is 0 Å². The Labute approximate surface area is 126 Å². The van der Waals surface area contributed by atoms with E-state index in [4.69, 9.17) is 9.47 Å². The molecular weight excluding hydrogens is 268 g/mol. The SMILES string of the molecule is COc1ccc(C(C)(C)CNC(=O)C2CNCCO2)cc1. The van der Waals surface area contributed by atoms with Gasteiger partial charge in [-0.2, -0.15) is 0 Å². The van der Waals surface area contributed by atoms with E-state index in [1.54, 1.807) is 7.11 Å². The smallest absolute Gasteiger partial charge is 0.250 e. The molecule has 1 saturated heterocycles. The van der Waals surface area contributed by atoms with E-state index in [0.717, 1.165) is 17.9 Å². The number of hydrogen-bond acceptors (Lipinski definition) is 4. The second-order valence-electron chi connectivity index (χ2n) is 5.89. The van der Waals surface area contributed by atoms with Gasteiger partial charge in [-0.1, -0.05) is 26.0 Å². The van der Waals surface area contributed by atoms with Gasteiger partial charge in [0.25, 0.3) is 0 Å². The van der Waals surface area contributed by atoms with Crippen molar-refractivity contribution in [3.8, 4) is 5.75 Å². The summed E-state index contributed by atoms with van der Waals surface area (Å²) in [6.07, 6.45) is -0.384. The molecule has 0 bridgehead atoms. The molecule has 1 atom stereocenters. The minimum atomic E-state index is -0.384. The normalized spacial score (nSPS) is 19.1. The first-order valence-corrected chi connectivity index (χ1v) is 7.27. The molecule has 0 saturated carbocycles. The molecule has 1 unspecified atom stereocenters. The molecule has 2 rings (SSSR count). The van der Waals surface area contributed by atoms with Crippen LogP contribution >= 0.6 is 0 Å². The topological polar surface area (TPSA) is 59.6 Å². The second kappa shape index (κ2) is 6.91. The number of carbonyl (C=O) groups excluding carboxylic acids is 1. The van der Waals surface area contributed by atoms with E-state index >= 15 is 0 Å². The van der Waals surface area contributed by atoms with Gasteiger partial charge in [0, 0.05) is 25.0 Å². The summed E-state index contributed by atoms with van der Waals surface area (Å²) in [6.45, 7) is 6.75. The van der Waals surface area contributed by atoms with E-state index in [1.807, 2.05) is 24.3 Å². The van der Waals surface area contributed by atoms with Crippen molar-refractivity contribution < 1.29 is 14.3 Å². The van der Waals surface area contributed by atoms with Gasteiger partial charge in [0.1, 0.15) is 11.9 Å². The van der Waals surface area contributed by atoms with Crippen molar-refractivity contribution in [3.05, 3.63) is 29.8 Å². The van der Waals surface area contributed by atoms with E-state index < -0.39 is 0 Å². The number of benzene rings is 1. The number of nitrogens with one attached hydrogen (secondary N) is 2. The van der Waals surface area contributed by atoms with Crippen LogP contribution < -0.4 is 15.4 Å². The van der Waals surface area contributed by atoms with Crippen LogP contribution in [0.5, 0.6) is 5.75 Å². The van der Waals surface area contributed by atoms with Crippen LogP contribution in [-0.4, -0.2) is 45.4 Å². The average Bonchev–Trinajstić information content (AvgIpc) is 2.53. The van der Waals surface area contributed by atoms with Crippen molar-refractivity contribution in [1.82, 2.24) is 10.6 Å². The number of amides is 1. The highest BCUT2D eigenvalue weighted by molar-refractivity contribution is 5.81. The zero-order valence-corrected chi connectivity index (χ0v) is 12.9. The number of hydrogen-bond donors (Lipinski definition) is 2. The predicted octanol–water partition coefficient (Wildman–Crippen LogP) is 1.08. The Morgan fingerprint density at radius 1 is 1.43 bits per heavy atom. The third-order valence-corrected chi connectivity index (χ3v) is 3.80. The molecule has 5 heteroatoms. The predicted molar refractivity (Wildman–Crippen MR) is 81.6 cm³/mol. The van der Waals surface area contributed by atoms with Gasteiger partial charge in [0.15, 0.2) is 0 Å². The number of morpholine rings is 1. The Kier molecular flexibility index (Phi) is 5.20. The van der Waals surface area contributed by atoms with Crippen molar-refractivity contribution in [2.75, 3.05) is 33.4 Å². The summed E-state index contributed by atoms with van der Waals surface area (Å²) in [5, 5.41) is 6.14. The maximum atomic E-state index is 12.1. The summed E-state index contributed by atoms with van der Waals surface area (Å²) in [5.41, 5.74) is 1.01. The van der Waals surface area contributed by atoms with Crippen molar-refractivity contribution in [1.29, 1.82) is 0 Å². The molecule has 1 aromatic carbocycles. The van der Waals surface area contributed by atoms with Gasteiger partial charge in [-0.3, -0.25) is 4.79 Å². The lowest BCUT2D eigenvalue weighted by molar-refractivity contribution is -0.134. The molecule has 1 aromatic rings. The van der Waals surface area contributed by atoms with Crippen molar-refractivity contribution in [2.45, 2.75) is 25.4 Å². The fraction of sp³-hybridized carbons (Fsp3) is 0.562. The summed E-state index contributed by atoms with van der Waals surface area (Å²) >= 11 is 0. The van der Waals surface area contributed by atoms with Crippen LogP contribution in [0.2, 0.25) is 0 Å². The van der Waals surface area contributed by atoms with Gasteiger partial charge in [-0.15, -0.1) is 0 Å². The fourth-order valence-electron chi connectivity index (χ4n) is 2.30. The molecule has 2 N–H and O–H groups in total. The highest BCUT2D eigenvalue weighted by Gasteiger charge is 2.25. The second-order valence-corrected chi connectivity index (χ2v) is 5.89. The third kappa shape index (κ3) is 4.19. The molecule has 0 aliphatic carbocycles. The first kappa shape index (κ1) is 15.8. The molecule has 116 valence electrons. The lowest BCUT2D eigenvalue weighted by atomic mass is 9.84. The monoisotopic (exact) mass is 292 g/mol. The standard InChI is InChI=1S/C16H24N2O3/c1-16(2,12-4-6-13(20-3)7-5-12)11-18-15(19)14-10-17-8-9-21-14/h4-7,14,17H,8-11H2,1-3H3,(H,18,19). The number of rotatable bonds is 5. The number of methoxy groups -OCH3 is 1. The zero-order valence-electron chi connectivity index (χ0n) is 12.9. The van der Waals surface area contributed by atoms with Crippen LogP contribution in [0, 0.1) is 0 Å². The average molecular weight is 292 g/mol. The minimum absolute atomic E-state index is 0.0520. The van der Waals surface area contributed by atoms with Gasteiger partial charge >= 0.3 is 0 Å². The molecule has 21 heavy (non-hydrogen) atoms. The first-order valence-electron chi connectivity index (χ1n) is 7.27. The Bertz CT molecular complexity index is 465. The maximum Gasteiger partial charge on any atom is 0.250 e. The zero-order chi connectivity index (χ0) is 15.3. The third-order valence-electron chi connectivity index (χ3n) is 3.80. The van der Waals surface area contributed by atoms with Crippen molar-refractivity contribution in [2.24, 2.45) is 0 Å². The van der Waals surface area contributed by atoms with Crippen molar-refractivity contribution in [3.63, 3.8) is 0 Å². The summed E-state index contributed by atoms with van der Waals surface area (Å²) in [4.78, 5) is 12.1. The molecule has 1 amide bonds. The first-order chi connectivity index (χ1) is 10.0. The van der Waals surface area contributed by atoms with Gasteiger partial charge in [0.05, 0.1) is 13.7 Å². The lowest BCUT2D eigenvalue weighted by Crippen LogP contribution is -2.49. The summed E-state index contributed by atoms with van der Waals surface area (Å²) in [6, 6.07) is 7.94. The Hall–Kier alpha value is -1.59. The quantitative estimate of drug-likeness (QED) is 0.852. The van der Waals surface area contributed by atoms with Crippen LogP contribution in [0.25, 0.3) is 0 Å². The van der Waals surface area contributed by atoms with Gasteiger partial charge in [-0.05, 0) is 17.7 Å². The van der Waals surface area contributed by atoms with Crippen LogP contribution in [0.4, 0.5) is 0 Å². The number of ether oxygens (including phenoxy) is 2. The van der Waals surface area contributed by atoms with E-state index in [-0.39, 0.29) is 17.4 Å². The Balaban J connectivity index is 1.91. The van der Waals surface area contributed by atoms with Crippen LogP contribution in [0.1, 0.15) is 19.4 Å². The molecule has 1 heterocycles. The maximum absolute atomic E-state index is 12.1. The van der Waals surface area contributed by atoms with Gasteiger partial charge in [0.2, 0.25) is 5.91 Å². The molecule has 1 aliphatic rings. The lowest BCUT2D eigenvalue weighted by Gasteiger charge is -2.28. The van der Waals surface area contributed by atoms with Crippen LogP contribution in [0.3, 0.4) is 0 Å². The highest BCUT2D eigenvalue weighted by Crippen LogP contribution is 2.24. The van der Waals surface area contributed by atoms with E-state index in [9.17, 15) is 4.79 Å². The number of carbonyl (C=O) groups is 1. The molecule has 1 aliphatic heterocycles. The highest BCUT2D eigenvalue weighted by atomic mass is 16.5. The van der Waals surface area contributed by atoms with Crippen molar-refractivity contribution >= 4 is 5.91 Å². The summed E-state index contributed by atoms with van der Waals surface area (Å²) in [5.74, 6) is 0.782. The minimum Gasteiger partial charge on any atom is -0.497 e. The molecule has 0 spiro atoms. The molecular formula is C16H24N2O3. The van der Waals surface area contributed by atoms with Gasteiger partial charge < -0.3 is 20.1 Å². The molecule has 5 nitrogen and oxygen atoms in total. The molecule has 0 aromatic heterocycles. The van der Waals surface area contributed by atoms with Crippen LogP contribution in [-0.2, 0) is 14.9 Å². The Morgan fingerprint density at radius 3 is 2.71 bits per heavy atom.